The average Bonchev–Trinajstić information content (AvgIpc) is 3.20. The molecule has 0 saturated heterocycles. The Labute approximate surface area is 172 Å². The third kappa shape index (κ3) is 4.12. The van der Waals surface area contributed by atoms with Gasteiger partial charge in [0.25, 0.3) is 5.56 Å². The summed E-state index contributed by atoms with van der Waals surface area (Å²) in [4.78, 5) is 33.6. The van der Waals surface area contributed by atoms with Gasteiger partial charge < -0.3 is 9.84 Å². The highest BCUT2D eigenvalue weighted by molar-refractivity contribution is 5.89. The molecule has 0 atom stereocenters. The Balaban J connectivity index is 1.43. The summed E-state index contributed by atoms with van der Waals surface area (Å²) in [6.45, 7) is 4.29. The molecule has 4 aromatic rings. The molecule has 152 valence electrons. The summed E-state index contributed by atoms with van der Waals surface area (Å²) in [6.07, 6.45) is 0.700. The van der Waals surface area contributed by atoms with Gasteiger partial charge in [0.2, 0.25) is 0 Å². The number of nitrogens with one attached hydrogen (secondary N) is 1. The van der Waals surface area contributed by atoms with Crippen LogP contribution in [0.15, 0.2) is 57.8 Å². The number of hydrogen-bond acceptors (Lipinski definition) is 6. The topological polar surface area (TPSA) is 103 Å². The fourth-order valence-corrected chi connectivity index (χ4v) is 3.28. The van der Waals surface area contributed by atoms with Crippen molar-refractivity contribution < 1.29 is 9.32 Å². The lowest BCUT2D eigenvalue weighted by Crippen LogP contribution is -2.26. The quantitative estimate of drug-likeness (QED) is 0.530. The molecule has 30 heavy (non-hydrogen) atoms. The first kappa shape index (κ1) is 19.5. The minimum Gasteiger partial charge on any atom is -0.347 e. The number of hydrogen-bond donors (Lipinski definition) is 1. The SMILES string of the molecule is Cc1cccc(CCNC(=O)c2nc(Cn3c(C)nc4ccccc4c3=O)no2)c1. The number of aromatic nitrogens is 4. The maximum Gasteiger partial charge on any atom is 0.316 e. The molecular weight excluding hydrogens is 382 g/mol. The first-order valence-corrected chi connectivity index (χ1v) is 9.64. The predicted molar refractivity (Wildman–Crippen MR) is 111 cm³/mol. The van der Waals surface area contributed by atoms with Gasteiger partial charge in [-0.2, -0.15) is 4.98 Å². The van der Waals surface area contributed by atoms with Gasteiger partial charge in [-0.3, -0.25) is 14.2 Å². The molecule has 0 aliphatic carbocycles. The van der Waals surface area contributed by atoms with Crippen molar-refractivity contribution >= 4 is 16.8 Å². The molecule has 0 spiro atoms. The zero-order valence-corrected chi connectivity index (χ0v) is 16.8. The highest BCUT2D eigenvalue weighted by atomic mass is 16.5. The van der Waals surface area contributed by atoms with Crippen LogP contribution in [-0.2, 0) is 13.0 Å². The summed E-state index contributed by atoms with van der Waals surface area (Å²) in [5.41, 5.74) is 2.76. The third-order valence-electron chi connectivity index (χ3n) is 4.80. The summed E-state index contributed by atoms with van der Waals surface area (Å²) in [5, 5.41) is 7.13. The van der Waals surface area contributed by atoms with Crippen molar-refractivity contribution in [2.45, 2.75) is 26.8 Å². The largest absolute Gasteiger partial charge is 0.347 e. The molecule has 1 N–H and O–H groups in total. The fourth-order valence-electron chi connectivity index (χ4n) is 3.28. The number of amides is 1. The third-order valence-corrected chi connectivity index (χ3v) is 4.80. The van der Waals surface area contributed by atoms with Crippen LogP contribution >= 0.6 is 0 Å². The number of carbonyl (C=O) groups is 1. The van der Waals surface area contributed by atoms with Crippen molar-refractivity contribution in [2.24, 2.45) is 0 Å². The van der Waals surface area contributed by atoms with Crippen LogP contribution in [0.3, 0.4) is 0 Å². The van der Waals surface area contributed by atoms with Crippen LogP contribution in [-0.4, -0.2) is 32.1 Å². The molecule has 1 amide bonds. The normalized spacial score (nSPS) is 11.0. The lowest BCUT2D eigenvalue weighted by atomic mass is 10.1. The van der Waals surface area contributed by atoms with Crippen LogP contribution in [0.1, 0.15) is 33.5 Å². The molecule has 0 fully saturated rings. The highest BCUT2D eigenvalue weighted by Crippen LogP contribution is 2.09. The molecule has 0 unspecified atom stereocenters. The number of rotatable bonds is 6. The molecule has 2 aromatic carbocycles. The Kier molecular flexibility index (Phi) is 5.38. The van der Waals surface area contributed by atoms with E-state index in [1.807, 2.05) is 31.2 Å². The van der Waals surface area contributed by atoms with E-state index in [-0.39, 0.29) is 23.8 Å². The standard InChI is InChI=1S/C22H21N5O3/c1-14-6-5-7-16(12-14)10-11-23-20(28)21-25-19(26-30-21)13-27-15(2)24-18-9-4-3-8-17(18)22(27)29/h3-9,12H,10-11,13H2,1-2H3,(H,23,28). The van der Waals surface area contributed by atoms with Gasteiger partial charge in [-0.05, 0) is 38.0 Å². The van der Waals surface area contributed by atoms with Gasteiger partial charge in [0.1, 0.15) is 5.82 Å². The number of benzene rings is 2. The van der Waals surface area contributed by atoms with Gasteiger partial charge in [-0.15, -0.1) is 0 Å². The van der Waals surface area contributed by atoms with E-state index >= 15 is 0 Å². The van der Waals surface area contributed by atoms with Crippen molar-refractivity contribution in [3.05, 3.63) is 87.6 Å². The number of carbonyl (C=O) groups excluding carboxylic acids is 1. The first-order valence-electron chi connectivity index (χ1n) is 9.64. The molecule has 2 aromatic heterocycles. The van der Waals surface area contributed by atoms with Gasteiger partial charge >= 0.3 is 11.8 Å². The van der Waals surface area contributed by atoms with Crippen LogP contribution in [0.5, 0.6) is 0 Å². The van der Waals surface area contributed by atoms with Crippen molar-refractivity contribution in [1.82, 2.24) is 25.0 Å². The summed E-state index contributed by atoms with van der Waals surface area (Å²) < 4.78 is 6.54. The van der Waals surface area contributed by atoms with Crippen molar-refractivity contribution in [1.29, 1.82) is 0 Å². The van der Waals surface area contributed by atoms with E-state index in [9.17, 15) is 9.59 Å². The number of nitrogens with zero attached hydrogens (tertiary/aromatic N) is 4. The van der Waals surface area contributed by atoms with E-state index in [1.54, 1.807) is 25.1 Å². The zero-order chi connectivity index (χ0) is 21.1. The van der Waals surface area contributed by atoms with Crippen molar-refractivity contribution in [2.75, 3.05) is 6.54 Å². The smallest absolute Gasteiger partial charge is 0.316 e. The molecule has 0 saturated carbocycles. The summed E-state index contributed by atoms with van der Waals surface area (Å²) in [5.74, 6) is 0.199. The first-order chi connectivity index (χ1) is 14.5. The lowest BCUT2D eigenvalue weighted by molar-refractivity contribution is 0.0910. The zero-order valence-electron chi connectivity index (χ0n) is 16.8. The second-order valence-corrected chi connectivity index (χ2v) is 7.08. The molecule has 0 aliphatic rings. The Bertz CT molecular complexity index is 1280. The number of para-hydroxylation sites is 1. The minimum absolute atomic E-state index is 0.0720. The van der Waals surface area contributed by atoms with Crippen molar-refractivity contribution in [3.8, 4) is 0 Å². The summed E-state index contributed by atoms with van der Waals surface area (Å²) >= 11 is 0. The van der Waals surface area contributed by atoms with Gasteiger partial charge in [0, 0.05) is 6.54 Å². The minimum atomic E-state index is -0.442. The lowest BCUT2D eigenvalue weighted by Gasteiger charge is -2.08. The van der Waals surface area contributed by atoms with Gasteiger partial charge in [0.05, 0.1) is 17.4 Å². The molecule has 0 aliphatic heterocycles. The maximum atomic E-state index is 12.8. The maximum absolute atomic E-state index is 12.8. The van der Waals surface area contributed by atoms with E-state index in [0.717, 1.165) is 5.56 Å². The average molecular weight is 403 g/mol. The van der Waals surface area contributed by atoms with Gasteiger partial charge in [-0.25, -0.2) is 4.98 Å². The monoisotopic (exact) mass is 403 g/mol. The van der Waals surface area contributed by atoms with E-state index in [4.69, 9.17) is 4.52 Å². The van der Waals surface area contributed by atoms with E-state index in [1.165, 1.54) is 10.1 Å². The summed E-state index contributed by atoms with van der Waals surface area (Å²) in [6, 6.07) is 15.3. The van der Waals surface area contributed by atoms with Crippen LogP contribution in [0.2, 0.25) is 0 Å². The van der Waals surface area contributed by atoms with Gasteiger partial charge in [0.15, 0.2) is 5.82 Å². The van der Waals surface area contributed by atoms with E-state index < -0.39 is 5.91 Å². The van der Waals surface area contributed by atoms with Crippen LogP contribution < -0.4 is 10.9 Å². The summed E-state index contributed by atoms with van der Waals surface area (Å²) in [7, 11) is 0. The second kappa shape index (κ2) is 8.28. The molecule has 8 heteroatoms. The Hall–Kier alpha value is -3.81. The van der Waals surface area contributed by atoms with E-state index in [2.05, 4.69) is 26.5 Å². The molecule has 0 radical (unpaired) electrons. The molecular formula is C22H21N5O3. The highest BCUT2D eigenvalue weighted by Gasteiger charge is 2.16. The number of aryl methyl sites for hydroxylation is 2. The van der Waals surface area contributed by atoms with Gasteiger partial charge in [-0.1, -0.05) is 47.1 Å². The number of fused-ring (bicyclic) bond motifs is 1. The molecule has 8 nitrogen and oxygen atoms in total. The van der Waals surface area contributed by atoms with E-state index in [0.29, 0.717) is 29.7 Å². The Morgan fingerprint density at radius 1 is 1.10 bits per heavy atom. The Morgan fingerprint density at radius 2 is 1.93 bits per heavy atom. The van der Waals surface area contributed by atoms with Crippen molar-refractivity contribution in [3.63, 3.8) is 0 Å². The Morgan fingerprint density at radius 3 is 2.77 bits per heavy atom. The van der Waals surface area contributed by atoms with Crippen LogP contribution in [0.4, 0.5) is 0 Å². The second-order valence-electron chi connectivity index (χ2n) is 7.08. The van der Waals surface area contributed by atoms with Crippen LogP contribution in [0.25, 0.3) is 10.9 Å². The molecule has 0 bridgehead atoms. The molecule has 2 heterocycles. The predicted octanol–water partition coefficient (Wildman–Crippen LogP) is 2.42. The van der Waals surface area contributed by atoms with Crippen LogP contribution in [0, 0.1) is 13.8 Å². The molecule has 4 rings (SSSR count). The fraction of sp³-hybridized carbons (Fsp3) is 0.227.